The first-order chi connectivity index (χ1) is 10.8. The quantitative estimate of drug-likeness (QED) is 0.530. The number of unbranched alkanes of at least 4 members (excludes halogenated alkanes) is 2. The van der Waals surface area contributed by atoms with Crippen LogP contribution in [0.2, 0.25) is 0 Å². The lowest BCUT2D eigenvalue weighted by Gasteiger charge is -2.05. The fourth-order valence-electron chi connectivity index (χ4n) is 2.07. The van der Waals surface area contributed by atoms with Gasteiger partial charge in [0.15, 0.2) is 5.76 Å². The number of nitrogens with one attached hydrogen (secondary N) is 1. The Kier molecular flexibility index (Phi) is 4.15. The fraction of sp³-hybridized carbons (Fsp3) is 0.385. The summed E-state index contributed by atoms with van der Waals surface area (Å²) in [7, 11) is 0. The van der Waals surface area contributed by atoms with Crippen molar-refractivity contribution in [3.63, 3.8) is 0 Å². The number of quaternary nitrogens is 1. The maximum atomic E-state index is 5.91. The number of nitrogen functional groups attached to an aromatic ring is 1. The number of hydrogen-bond acceptors (Lipinski definition) is 7. The van der Waals surface area contributed by atoms with E-state index in [1.165, 1.54) is 4.52 Å². The zero-order chi connectivity index (χ0) is 15.4. The second kappa shape index (κ2) is 6.39. The lowest BCUT2D eigenvalue weighted by Crippen LogP contribution is -2.50. The van der Waals surface area contributed by atoms with Crippen molar-refractivity contribution in [1.29, 1.82) is 0 Å². The van der Waals surface area contributed by atoms with Gasteiger partial charge >= 0.3 is 0 Å². The van der Waals surface area contributed by atoms with Crippen LogP contribution in [0.4, 0.5) is 11.9 Å². The normalized spacial score (nSPS) is 11.1. The van der Waals surface area contributed by atoms with Crippen molar-refractivity contribution < 1.29 is 10.2 Å². The molecule has 9 heteroatoms. The van der Waals surface area contributed by atoms with Gasteiger partial charge in [-0.15, -0.1) is 5.10 Å². The fourth-order valence-corrected chi connectivity index (χ4v) is 2.07. The summed E-state index contributed by atoms with van der Waals surface area (Å²) in [6, 6.07) is 3.55. The maximum Gasteiger partial charge on any atom is 0.259 e. The molecule has 0 amide bonds. The van der Waals surface area contributed by atoms with Crippen molar-refractivity contribution in [3.8, 4) is 11.6 Å². The number of rotatable bonds is 7. The van der Waals surface area contributed by atoms with Crippen molar-refractivity contribution in [2.24, 2.45) is 0 Å². The van der Waals surface area contributed by atoms with E-state index in [0.29, 0.717) is 23.3 Å². The Bertz CT molecular complexity index is 736. The van der Waals surface area contributed by atoms with Gasteiger partial charge in [-0.2, -0.15) is 19.5 Å². The van der Waals surface area contributed by atoms with Crippen LogP contribution in [0.1, 0.15) is 19.3 Å². The largest absolute Gasteiger partial charge is 0.461 e. The average molecular weight is 303 g/mol. The van der Waals surface area contributed by atoms with Crippen LogP contribution in [0.15, 0.2) is 22.8 Å². The van der Waals surface area contributed by atoms with Crippen LogP contribution in [0, 0.1) is 0 Å². The second-order valence-electron chi connectivity index (χ2n) is 4.87. The van der Waals surface area contributed by atoms with Gasteiger partial charge in [-0.05, 0) is 31.4 Å². The molecule has 3 aromatic rings. The molecule has 0 spiro atoms. The van der Waals surface area contributed by atoms with Gasteiger partial charge in [0.25, 0.3) is 5.78 Å². The summed E-state index contributed by atoms with van der Waals surface area (Å²) in [5.41, 5.74) is 9.73. The molecule has 0 bridgehead atoms. The summed E-state index contributed by atoms with van der Waals surface area (Å²) in [5.74, 6) is 2.07. The lowest BCUT2D eigenvalue weighted by molar-refractivity contribution is -0.368. The topological polar surface area (TPSA) is 135 Å². The minimum absolute atomic E-state index is 0.232. The van der Waals surface area contributed by atoms with Gasteiger partial charge in [0.1, 0.15) is 0 Å². The third-order valence-electron chi connectivity index (χ3n) is 3.18. The number of furan rings is 1. The minimum Gasteiger partial charge on any atom is -0.461 e. The van der Waals surface area contributed by atoms with E-state index >= 15 is 0 Å². The van der Waals surface area contributed by atoms with E-state index in [0.717, 1.165) is 32.4 Å². The molecule has 0 aliphatic heterocycles. The van der Waals surface area contributed by atoms with Crippen molar-refractivity contribution in [2.45, 2.75) is 19.3 Å². The van der Waals surface area contributed by atoms with Gasteiger partial charge < -0.3 is 21.2 Å². The molecule has 9 nitrogen and oxygen atoms in total. The number of nitrogens with two attached hydrogens (primary N) is 1. The van der Waals surface area contributed by atoms with E-state index in [-0.39, 0.29) is 5.95 Å². The molecule has 3 rings (SSSR count). The van der Waals surface area contributed by atoms with Crippen LogP contribution in [-0.2, 0) is 0 Å². The van der Waals surface area contributed by atoms with E-state index in [4.69, 9.17) is 10.2 Å². The molecule has 116 valence electrons. The van der Waals surface area contributed by atoms with Gasteiger partial charge in [-0.3, -0.25) is 0 Å². The van der Waals surface area contributed by atoms with Crippen molar-refractivity contribution in [1.82, 2.24) is 24.6 Å². The highest BCUT2D eigenvalue weighted by molar-refractivity contribution is 5.52. The predicted octanol–water partition coefficient (Wildman–Crippen LogP) is 0.186. The number of hydrogen-bond donors (Lipinski definition) is 3. The number of fused-ring (bicyclic) bond motifs is 1. The van der Waals surface area contributed by atoms with Gasteiger partial charge in [-0.25, -0.2) is 0 Å². The van der Waals surface area contributed by atoms with Gasteiger partial charge in [0, 0.05) is 6.54 Å². The van der Waals surface area contributed by atoms with E-state index in [2.05, 4.69) is 31.1 Å². The zero-order valence-electron chi connectivity index (χ0n) is 12.2. The molecular weight excluding hydrogens is 284 g/mol. The Labute approximate surface area is 126 Å². The molecule has 0 fully saturated rings. The highest BCUT2D eigenvalue weighted by atomic mass is 16.3. The van der Waals surface area contributed by atoms with Crippen LogP contribution in [0.5, 0.6) is 0 Å². The summed E-state index contributed by atoms with van der Waals surface area (Å²) < 4.78 is 6.67. The Hall–Kier alpha value is -2.68. The van der Waals surface area contributed by atoms with Gasteiger partial charge in [0.05, 0.1) is 12.8 Å². The molecule has 0 unspecified atom stereocenters. The number of anilines is 2. The molecule has 22 heavy (non-hydrogen) atoms. The first-order valence-corrected chi connectivity index (χ1v) is 7.25. The van der Waals surface area contributed by atoms with Crippen LogP contribution < -0.4 is 16.8 Å². The van der Waals surface area contributed by atoms with Crippen molar-refractivity contribution >= 4 is 17.7 Å². The van der Waals surface area contributed by atoms with E-state index in [1.54, 1.807) is 18.4 Å². The minimum atomic E-state index is 0.232. The van der Waals surface area contributed by atoms with Gasteiger partial charge in [-0.1, -0.05) is 0 Å². The average Bonchev–Trinajstić information content (AvgIpc) is 3.16. The third-order valence-corrected chi connectivity index (χ3v) is 3.18. The van der Waals surface area contributed by atoms with E-state index < -0.39 is 0 Å². The SMILES string of the molecule is Nc1nc(NCCCCC[NH3+])nc2nc(-c3ccco3)nn12. The molecule has 6 N–H and O–H groups in total. The molecule has 3 heterocycles. The third kappa shape index (κ3) is 2.98. The molecular formula is C13H19N8O+. The Morgan fingerprint density at radius 1 is 1.23 bits per heavy atom. The lowest BCUT2D eigenvalue weighted by atomic mass is 10.2. The number of nitrogens with zero attached hydrogens (tertiary/aromatic N) is 5. The number of aromatic nitrogens is 5. The smallest absolute Gasteiger partial charge is 0.259 e. The first kappa shape index (κ1) is 14.3. The van der Waals surface area contributed by atoms with Crippen LogP contribution in [0.3, 0.4) is 0 Å². The summed E-state index contributed by atoms with van der Waals surface area (Å²) in [6.07, 6.45) is 4.85. The molecule has 0 atom stereocenters. The Morgan fingerprint density at radius 2 is 2.14 bits per heavy atom. The first-order valence-electron chi connectivity index (χ1n) is 7.25. The monoisotopic (exact) mass is 303 g/mol. The van der Waals surface area contributed by atoms with Crippen LogP contribution >= 0.6 is 0 Å². The zero-order valence-corrected chi connectivity index (χ0v) is 12.2. The molecule has 0 saturated carbocycles. The highest BCUT2D eigenvalue weighted by Gasteiger charge is 2.13. The van der Waals surface area contributed by atoms with E-state index in [9.17, 15) is 0 Å². The predicted molar refractivity (Wildman–Crippen MR) is 80.8 cm³/mol. The Morgan fingerprint density at radius 3 is 2.91 bits per heavy atom. The molecule has 3 aromatic heterocycles. The molecule has 0 radical (unpaired) electrons. The summed E-state index contributed by atoms with van der Waals surface area (Å²) >= 11 is 0. The van der Waals surface area contributed by atoms with E-state index in [1.807, 2.05) is 0 Å². The molecule has 0 aliphatic rings. The summed E-state index contributed by atoms with van der Waals surface area (Å²) in [4.78, 5) is 12.8. The Balaban J connectivity index is 1.76. The van der Waals surface area contributed by atoms with Gasteiger partial charge in [0.2, 0.25) is 17.7 Å². The highest BCUT2D eigenvalue weighted by Crippen LogP contribution is 2.17. The standard InChI is InChI=1S/C13H18N8O/c14-6-2-1-3-7-16-12-18-11(15)21-13(19-12)17-10(20-21)9-5-4-8-22-9/h4-5,8H,1-3,6-7,14H2,(H3,15,16,17,18,19,20)/p+1. The van der Waals surface area contributed by atoms with Crippen molar-refractivity contribution in [3.05, 3.63) is 18.4 Å². The summed E-state index contributed by atoms with van der Waals surface area (Å²) in [5, 5.41) is 7.40. The summed E-state index contributed by atoms with van der Waals surface area (Å²) in [6.45, 7) is 1.75. The van der Waals surface area contributed by atoms with Crippen LogP contribution in [-0.4, -0.2) is 37.7 Å². The molecule has 0 saturated heterocycles. The molecule has 0 aromatic carbocycles. The maximum absolute atomic E-state index is 5.91. The molecule has 0 aliphatic carbocycles. The van der Waals surface area contributed by atoms with Crippen molar-refractivity contribution in [2.75, 3.05) is 24.1 Å². The van der Waals surface area contributed by atoms with Crippen LogP contribution in [0.25, 0.3) is 17.4 Å². The second-order valence-corrected chi connectivity index (χ2v) is 4.87.